The Labute approximate surface area is 123 Å². The minimum atomic E-state index is -0.0862. The fourth-order valence-electron chi connectivity index (χ4n) is 2.06. The van der Waals surface area contributed by atoms with Crippen LogP contribution in [0.15, 0.2) is 18.2 Å². The molecule has 0 unspecified atom stereocenters. The van der Waals surface area contributed by atoms with Crippen LogP contribution in [0.2, 0.25) is 10.0 Å². The summed E-state index contributed by atoms with van der Waals surface area (Å²) < 4.78 is 0. The van der Waals surface area contributed by atoms with E-state index in [0.29, 0.717) is 22.3 Å². The van der Waals surface area contributed by atoms with Crippen LogP contribution in [0.3, 0.4) is 0 Å². The van der Waals surface area contributed by atoms with Crippen molar-refractivity contribution < 1.29 is 4.79 Å². The summed E-state index contributed by atoms with van der Waals surface area (Å²) in [5.41, 5.74) is 0.490. The number of carbonyl (C=O) groups is 1. The first-order valence-corrected chi connectivity index (χ1v) is 7.09. The summed E-state index contributed by atoms with van der Waals surface area (Å²) >= 11 is 12.0. The number of benzene rings is 1. The summed E-state index contributed by atoms with van der Waals surface area (Å²) in [4.78, 5) is 14.1. The zero-order valence-electron chi connectivity index (χ0n) is 10.6. The molecule has 0 spiro atoms. The number of hydrogen-bond donors (Lipinski definition) is 2. The molecule has 1 aromatic rings. The smallest absolute Gasteiger partial charge is 0.238 e. The Kier molecular flexibility index (Phi) is 5.45. The number of anilines is 1. The van der Waals surface area contributed by atoms with Crippen LogP contribution in [0, 0.1) is 0 Å². The van der Waals surface area contributed by atoms with Gasteiger partial charge in [0.15, 0.2) is 0 Å². The summed E-state index contributed by atoms with van der Waals surface area (Å²) in [6.45, 7) is 4.10. The second kappa shape index (κ2) is 7.10. The zero-order chi connectivity index (χ0) is 13.7. The predicted octanol–water partition coefficient (Wildman–Crippen LogP) is 2.23. The van der Waals surface area contributed by atoms with Crippen molar-refractivity contribution in [1.82, 2.24) is 10.2 Å². The number of rotatable bonds is 3. The molecule has 104 valence electrons. The third kappa shape index (κ3) is 4.35. The van der Waals surface area contributed by atoms with E-state index in [9.17, 15) is 4.79 Å². The third-order valence-electron chi connectivity index (χ3n) is 3.03. The molecule has 0 aliphatic carbocycles. The van der Waals surface area contributed by atoms with Gasteiger partial charge in [-0.25, -0.2) is 0 Å². The topological polar surface area (TPSA) is 44.4 Å². The molecule has 0 aromatic heterocycles. The lowest BCUT2D eigenvalue weighted by atomic mass is 10.3. The average molecular weight is 302 g/mol. The molecular weight excluding hydrogens is 285 g/mol. The molecule has 1 heterocycles. The van der Waals surface area contributed by atoms with Crippen molar-refractivity contribution in [3.05, 3.63) is 28.2 Å². The zero-order valence-corrected chi connectivity index (χ0v) is 12.1. The first kappa shape index (κ1) is 14.6. The minimum absolute atomic E-state index is 0.0862. The molecule has 2 N–H and O–H groups in total. The van der Waals surface area contributed by atoms with Crippen molar-refractivity contribution >= 4 is 34.8 Å². The van der Waals surface area contributed by atoms with Crippen LogP contribution in [0.4, 0.5) is 5.69 Å². The van der Waals surface area contributed by atoms with Gasteiger partial charge in [-0.05, 0) is 31.6 Å². The number of carbonyl (C=O) groups excluding carboxylic acids is 1. The molecule has 0 bridgehead atoms. The maximum absolute atomic E-state index is 12.0. The van der Waals surface area contributed by atoms with Crippen LogP contribution < -0.4 is 10.6 Å². The highest BCUT2D eigenvalue weighted by Gasteiger charge is 2.14. The largest absolute Gasteiger partial charge is 0.322 e. The Balaban J connectivity index is 1.93. The lowest BCUT2D eigenvalue weighted by molar-refractivity contribution is -0.117. The van der Waals surface area contributed by atoms with Crippen molar-refractivity contribution in [3.8, 4) is 0 Å². The van der Waals surface area contributed by atoms with Gasteiger partial charge in [-0.15, -0.1) is 0 Å². The average Bonchev–Trinajstić information content (AvgIpc) is 2.63. The highest BCUT2D eigenvalue weighted by molar-refractivity contribution is 6.39. The van der Waals surface area contributed by atoms with E-state index in [1.54, 1.807) is 18.2 Å². The number of nitrogens with one attached hydrogen (secondary N) is 2. The number of hydrogen-bond acceptors (Lipinski definition) is 3. The Morgan fingerprint density at radius 2 is 2.00 bits per heavy atom. The summed E-state index contributed by atoms with van der Waals surface area (Å²) in [5, 5.41) is 7.00. The normalized spacial score (nSPS) is 16.9. The van der Waals surface area contributed by atoms with E-state index in [2.05, 4.69) is 15.5 Å². The molecule has 1 saturated heterocycles. The molecule has 1 aliphatic heterocycles. The van der Waals surface area contributed by atoms with E-state index < -0.39 is 0 Å². The Morgan fingerprint density at radius 1 is 1.26 bits per heavy atom. The molecule has 1 aromatic carbocycles. The van der Waals surface area contributed by atoms with Gasteiger partial charge in [-0.3, -0.25) is 9.69 Å². The van der Waals surface area contributed by atoms with E-state index in [4.69, 9.17) is 23.2 Å². The molecule has 19 heavy (non-hydrogen) atoms. The van der Waals surface area contributed by atoms with Crippen LogP contribution in [-0.2, 0) is 4.79 Å². The van der Waals surface area contributed by atoms with Gasteiger partial charge in [0.25, 0.3) is 0 Å². The molecule has 1 fully saturated rings. The molecule has 2 rings (SSSR count). The molecule has 6 heteroatoms. The van der Waals surface area contributed by atoms with Crippen molar-refractivity contribution in [2.75, 3.05) is 38.0 Å². The number of para-hydroxylation sites is 1. The van der Waals surface area contributed by atoms with Crippen molar-refractivity contribution in [2.45, 2.75) is 6.42 Å². The Hall–Kier alpha value is -0.810. The van der Waals surface area contributed by atoms with Crippen LogP contribution >= 0.6 is 23.2 Å². The van der Waals surface area contributed by atoms with Crippen molar-refractivity contribution in [2.24, 2.45) is 0 Å². The van der Waals surface area contributed by atoms with Crippen LogP contribution in [0.5, 0.6) is 0 Å². The SMILES string of the molecule is O=C(CN1CCCNCC1)Nc1c(Cl)cccc1Cl. The predicted molar refractivity (Wildman–Crippen MR) is 79.0 cm³/mol. The van der Waals surface area contributed by atoms with Gasteiger partial charge >= 0.3 is 0 Å². The van der Waals surface area contributed by atoms with E-state index in [0.717, 1.165) is 32.6 Å². The lowest BCUT2D eigenvalue weighted by Crippen LogP contribution is -2.35. The molecule has 0 radical (unpaired) electrons. The Morgan fingerprint density at radius 3 is 2.74 bits per heavy atom. The summed E-state index contributed by atoms with van der Waals surface area (Å²) in [5.74, 6) is -0.0862. The lowest BCUT2D eigenvalue weighted by Gasteiger charge is -2.19. The number of nitrogens with zero attached hydrogens (tertiary/aromatic N) is 1. The van der Waals surface area contributed by atoms with Gasteiger partial charge in [0.2, 0.25) is 5.91 Å². The monoisotopic (exact) mass is 301 g/mol. The molecule has 1 amide bonds. The number of amides is 1. The Bertz CT molecular complexity index is 425. The van der Waals surface area contributed by atoms with Gasteiger partial charge in [0.1, 0.15) is 0 Å². The van der Waals surface area contributed by atoms with Gasteiger partial charge in [0.05, 0.1) is 22.3 Å². The summed E-state index contributed by atoms with van der Waals surface area (Å²) in [6.07, 6.45) is 1.06. The standard InChI is InChI=1S/C13H17Cl2N3O/c14-10-3-1-4-11(15)13(10)17-12(19)9-18-7-2-5-16-6-8-18/h1,3-4,16H,2,5-9H2,(H,17,19). The highest BCUT2D eigenvalue weighted by Crippen LogP contribution is 2.29. The second-order valence-corrected chi connectivity index (χ2v) is 5.34. The maximum atomic E-state index is 12.0. The van der Waals surface area contributed by atoms with E-state index in [-0.39, 0.29) is 5.91 Å². The first-order valence-electron chi connectivity index (χ1n) is 6.34. The van der Waals surface area contributed by atoms with Gasteiger partial charge in [-0.2, -0.15) is 0 Å². The van der Waals surface area contributed by atoms with Gasteiger partial charge < -0.3 is 10.6 Å². The van der Waals surface area contributed by atoms with Gasteiger partial charge in [-0.1, -0.05) is 29.3 Å². The van der Waals surface area contributed by atoms with Crippen LogP contribution in [-0.4, -0.2) is 43.5 Å². The van der Waals surface area contributed by atoms with E-state index in [1.807, 2.05) is 0 Å². The molecule has 4 nitrogen and oxygen atoms in total. The molecular formula is C13H17Cl2N3O. The maximum Gasteiger partial charge on any atom is 0.238 e. The summed E-state index contributed by atoms with van der Waals surface area (Å²) in [6, 6.07) is 5.17. The fraction of sp³-hybridized carbons (Fsp3) is 0.462. The van der Waals surface area contributed by atoms with Crippen LogP contribution in [0.1, 0.15) is 6.42 Å². The quantitative estimate of drug-likeness (QED) is 0.900. The van der Waals surface area contributed by atoms with Crippen LogP contribution in [0.25, 0.3) is 0 Å². The third-order valence-corrected chi connectivity index (χ3v) is 3.66. The second-order valence-electron chi connectivity index (χ2n) is 4.52. The molecule has 0 saturated carbocycles. The number of halogens is 2. The van der Waals surface area contributed by atoms with Crippen molar-refractivity contribution in [1.29, 1.82) is 0 Å². The minimum Gasteiger partial charge on any atom is -0.322 e. The van der Waals surface area contributed by atoms with Crippen molar-refractivity contribution in [3.63, 3.8) is 0 Å². The highest BCUT2D eigenvalue weighted by atomic mass is 35.5. The van der Waals surface area contributed by atoms with E-state index in [1.165, 1.54) is 0 Å². The fourth-order valence-corrected chi connectivity index (χ4v) is 2.55. The van der Waals surface area contributed by atoms with Gasteiger partial charge in [0, 0.05) is 13.1 Å². The molecule has 1 aliphatic rings. The summed E-state index contributed by atoms with van der Waals surface area (Å²) in [7, 11) is 0. The van der Waals surface area contributed by atoms with E-state index >= 15 is 0 Å². The molecule has 0 atom stereocenters. The first-order chi connectivity index (χ1) is 9.16.